The van der Waals surface area contributed by atoms with Crippen LogP contribution in [0.5, 0.6) is 0 Å². The van der Waals surface area contributed by atoms with Crippen molar-refractivity contribution in [2.24, 2.45) is 0 Å². The molecule has 3 aromatic carbocycles. The lowest BCUT2D eigenvalue weighted by atomic mass is 9.95. The minimum Gasteiger partial charge on any atom is -0.478 e. The number of amides is 3. The number of aromatic carboxylic acids is 1. The normalized spacial score (nSPS) is 13.7. The number of anilines is 2. The van der Waals surface area contributed by atoms with Crippen molar-refractivity contribution in [1.82, 2.24) is 10.2 Å². The Bertz CT molecular complexity index is 1930. The lowest BCUT2D eigenvalue weighted by Crippen LogP contribution is -2.38. The van der Waals surface area contributed by atoms with E-state index in [4.69, 9.17) is 10.2 Å². The third kappa shape index (κ3) is 9.27. The summed E-state index contributed by atoms with van der Waals surface area (Å²) >= 11 is 1.46. The van der Waals surface area contributed by atoms with E-state index < -0.39 is 17.8 Å². The molecule has 11 nitrogen and oxygen atoms in total. The highest BCUT2D eigenvalue weighted by Gasteiger charge is 2.30. The second-order valence-corrected chi connectivity index (χ2v) is 14.1. The van der Waals surface area contributed by atoms with E-state index in [2.05, 4.69) is 20.9 Å². The van der Waals surface area contributed by atoms with Crippen molar-refractivity contribution in [3.05, 3.63) is 117 Å². The molecule has 0 aliphatic heterocycles. The molecular weight excluding hydrogens is 669 g/mol. The van der Waals surface area contributed by atoms with E-state index in [9.17, 15) is 24.0 Å². The van der Waals surface area contributed by atoms with E-state index in [0.717, 1.165) is 78.5 Å². The molecule has 12 heteroatoms. The summed E-state index contributed by atoms with van der Waals surface area (Å²) in [6, 6.07) is 22.2. The summed E-state index contributed by atoms with van der Waals surface area (Å²) < 4.78 is 0. The van der Waals surface area contributed by atoms with Gasteiger partial charge in [-0.15, -0.1) is 11.3 Å². The summed E-state index contributed by atoms with van der Waals surface area (Å²) in [5, 5.41) is 27.0. The zero-order valence-electron chi connectivity index (χ0n) is 28.1. The summed E-state index contributed by atoms with van der Waals surface area (Å²) in [7, 11) is 0. The monoisotopic (exact) mass is 708 g/mol. The average Bonchev–Trinajstić information content (AvgIpc) is 3.91. The summed E-state index contributed by atoms with van der Waals surface area (Å²) in [5.74, 6) is -4.05. The fourth-order valence-corrected chi connectivity index (χ4v) is 7.67. The van der Waals surface area contributed by atoms with Crippen molar-refractivity contribution in [2.75, 3.05) is 23.7 Å². The zero-order chi connectivity index (χ0) is 35.9. The Morgan fingerprint density at radius 1 is 0.765 bits per heavy atom. The van der Waals surface area contributed by atoms with Gasteiger partial charge in [-0.25, -0.2) is 9.59 Å². The van der Waals surface area contributed by atoms with Gasteiger partial charge in [0, 0.05) is 41.8 Å². The molecule has 0 spiro atoms. The Morgan fingerprint density at radius 3 is 2.12 bits per heavy atom. The fourth-order valence-electron chi connectivity index (χ4n) is 6.38. The van der Waals surface area contributed by atoms with Crippen LogP contribution in [0.1, 0.15) is 83.9 Å². The van der Waals surface area contributed by atoms with Crippen molar-refractivity contribution in [2.45, 2.75) is 64.0 Å². The molecule has 0 bridgehead atoms. The number of nitrogens with zero attached hydrogens (tertiary/aromatic N) is 1. The van der Waals surface area contributed by atoms with E-state index in [-0.39, 0.29) is 23.9 Å². The Hall–Kier alpha value is -5.33. The van der Waals surface area contributed by atoms with Crippen molar-refractivity contribution < 1.29 is 34.2 Å². The molecule has 6 rings (SSSR count). The molecule has 1 aromatic heterocycles. The van der Waals surface area contributed by atoms with Gasteiger partial charge in [-0.3, -0.25) is 19.3 Å². The minimum absolute atomic E-state index is 0.215. The molecule has 3 amide bonds. The Morgan fingerprint density at radius 2 is 1.45 bits per heavy atom. The molecule has 0 unspecified atom stereocenters. The number of carbonyl (C=O) groups excluding carboxylic acids is 3. The molecule has 2 aliphatic carbocycles. The quantitative estimate of drug-likeness (QED) is 0.103. The van der Waals surface area contributed by atoms with E-state index in [0.29, 0.717) is 40.9 Å². The molecular formula is C39H40N4O7S. The first-order valence-corrected chi connectivity index (χ1v) is 18.0. The first-order valence-electron chi connectivity index (χ1n) is 17.2. The number of carboxylic acid groups (broad SMARTS) is 2. The first kappa shape index (κ1) is 35.5. The van der Waals surface area contributed by atoms with Gasteiger partial charge in [0.05, 0.1) is 11.1 Å². The van der Waals surface area contributed by atoms with E-state index in [1.54, 1.807) is 18.2 Å². The molecule has 1 fully saturated rings. The predicted molar refractivity (Wildman–Crippen MR) is 195 cm³/mol. The van der Waals surface area contributed by atoms with Crippen LogP contribution in [0.4, 0.5) is 10.7 Å². The number of benzene rings is 3. The van der Waals surface area contributed by atoms with Gasteiger partial charge < -0.3 is 26.2 Å². The number of thiophene rings is 1. The van der Waals surface area contributed by atoms with Gasteiger partial charge in [-0.2, -0.15) is 0 Å². The van der Waals surface area contributed by atoms with Crippen molar-refractivity contribution >= 4 is 51.7 Å². The number of hydrogen-bond acceptors (Lipinski definition) is 7. The fraction of sp³-hybridized carbons (Fsp3) is 0.308. The molecule has 264 valence electrons. The second kappa shape index (κ2) is 16.1. The van der Waals surface area contributed by atoms with Gasteiger partial charge in [0.25, 0.3) is 11.8 Å². The summed E-state index contributed by atoms with van der Waals surface area (Å²) in [5.41, 5.74) is 5.93. The number of rotatable bonds is 14. The second-order valence-electron chi connectivity index (χ2n) is 13.0. The van der Waals surface area contributed by atoms with Crippen LogP contribution in [0.25, 0.3) is 0 Å². The maximum Gasteiger partial charge on any atom is 0.394 e. The SMILES string of the molecule is O=C(O)C(=O)NCCN(Cc1cccc(C(=O)Nc2sc3c(c2C(=O)Nc2ccc(CCc4ccc(C(=O)O)cc4)cc2)CCCC3)c1)C1CC1. The number of fused-ring (bicyclic) bond motifs is 1. The Balaban J connectivity index is 1.10. The molecule has 5 N–H and O–H groups in total. The summed E-state index contributed by atoms with van der Waals surface area (Å²) in [6.45, 7) is 1.26. The molecule has 2 aliphatic rings. The zero-order valence-corrected chi connectivity index (χ0v) is 28.9. The third-order valence-corrected chi connectivity index (χ3v) is 10.5. The van der Waals surface area contributed by atoms with Crippen molar-refractivity contribution in [3.8, 4) is 0 Å². The van der Waals surface area contributed by atoms with Crippen LogP contribution >= 0.6 is 11.3 Å². The summed E-state index contributed by atoms with van der Waals surface area (Å²) in [4.78, 5) is 64.1. The van der Waals surface area contributed by atoms with Crippen LogP contribution < -0.4 is 16.0 Å². The van der Waals surface area contributed by atoms with Crippen LogP contribution in [0.2, 0.25) is 0 Å². The van der Waals surface area contributed by atoms with Gasteiger partial charge in [0.1, 0.15) is 5.00 Å². The standard InChI is InChI=1S/C39H40N4O7S/c44-34(28-5-3-4-26(22-28)23-43(30-18-19-30)21-20-40-36(46)39(49)50)42-37-33(31-6-1-2-7-32(31)51-37)35(45)41-29-16-12-25(13-17-29)9-8-24-10-14-27(15-11-24)38(47)48/h3-5,10-17,22,30H,1-2,6-9,18-21,23H2,(H,40,46)(H,41,45)(H,42,44)(H,47,48)(H,49,50). The highest BCUT2D eigenvalue weighted by molar-refractivity contribution is 7.17. The summed E-state index contributed by atoms with van der Waals surface area (Å²) in [6.07, 6.45) is 7.22. The largest absolute Gasteiger partial charge is 0.478 e. The molecule has 0 saturated heterocycles. The van der Waals surface area contributed by atoms with Crippen LogP contribution in [-0.2, 0) is 41.8 Å². The smallest absolute Gasteiger partial charge is 0.394 e. The van der Waals surface area contributed by atoms with E-state index in [1.165, 1.54) is 11.3 Å². The van der Waals surface area contributed by atoms with Gasteiger partial charge in [-0.05, 0) is 110 Å². The maximum atomic E-state index is 13.8. The highest BCUT2D eigenvalue weighted by Crippen LogP contribution is 2.39. The first-order chi connectivity index (χ1) is 24.6. The number of aliphatic carboxylic acids is 1. The lowest BCUT2D eigenvalue weighted by Gasteiger charge is -2.22. The highest BCUT2D eigenvalue weighted by atomic mass is 32.1. The molecule has 51 heavy (non-hydrogen) atoms. The van der Waals surface area contributed by atoms with Crippen LogP contribution in [-0.4, -0.2) is 63.9 Å². The molecule has 1 saturated carbocycles. The van der Waals surface area contributed by atoms with Gasteiger partial charge >= 0.3 is 17.8 Å². The minimum atomic E-state index is -1.51. The van der Waals surface area contributed by atoms with Crippen LogP contribution in [0.15, 0.2) is 72.8 Å². The molecule has 0 atom stereocenters. The number of hydrogen-bond donors (Lipinski definition) is 5. The van der Waals surface area contributed by atoms with Crippen LogP contribution in [0, 0.1) is 0 Å². The number of aryl methyl sites for hydroxylation is 3. The maximum absolute atomic E-state index is 13.8. The van der Waals surface area contributed by atoms with Gasteiger partial charge in [-0.1, -0.05) is 36.4 Å². The molecule has 0 radical (unpaired) electrons. The van der Waals surface area contributed by atoms with E-state index >= 15 is 0 Å². The van der Waals surface area contributed by atoms with E-state index in [1.807, 2.05) is 54.6 Å². The Labute approximate surface area is 299 Å². The number of carbonyl (C=O) groups is 5. The third-order valence-electron chi connectivity index (χ3n) is 9.26. The Kier molecular flexibility index (Phi) is 11.2. The number of carboxylic acids is 2. The van der Waals surface area contributed by atoms with Crippen LogP contribution in [0.3, 0.4) is 0 Å². The number of nitrogens with one attached hydrogen (secondary N) is 3. The predicted octanol–water partition coefficient (Wildman–Crippen LogP) is 5.78. The van der Waals surface area contributed by atoms with Gasteiger partial charge in [0.2, 0.25) is 0 Å². The van der Waals surface area contributed by atoms with Crippen molar-refractivity contribution in [1.29, 1.82) is 0 Å². The topological polar surface area (TPSA) is 165 Å². The van der Waals surface area contributed by atoms with Crippen molar-refractivity contribution in [3.63, 3.8) is 0 Å². The average molecular weight is 709 g/mol. The lowest BCUT2D eigenvalue weighted by molar-refractivity contribution is -0.150. The molecule has 1 heterocycles. The molecule has 4 aromatic rings. The van der Waals surface area contributed by atoms with Gasteiger partial charge in [0.15, 0.2) is 0 Å².